The van der Waals surface area contributed by atoms with E-state index in [1.165, 1.54) is 25.6 Å². The van der Waals surface area contributed by atoms with E-state index in [0.29, 0.717) is 5.92 Å². The normalized spacial score (nSPS) is 21.6. The Morgan fingerprint density at radius 2 is 2.47 bits per heavy atom. The van der Waals surface area contributed by atoms with Crippen LogP contribution in [0.25, 0.3) is 0 Å². The van der Waals surface area contributed by atoms with Crippen LogP contribution in [0.2, 0.25) is 0 Å². The van der Waals surface area contributed by atoms with Gasteiger partial charge in [0.1, 0.15) is 0 Å². The Bertz CT molecular complexity index is 391. The molecule has 2 heterocycles. The summed E-state index contributed by atoms with van der Waals surface area (Å²) in [5.74, 6) is -0.470. The zero-order valence-corrected chi connectivity index (χ0v) is 10.0. The Hall–Kier alpha value is -1.43. The molecule has 1 N–H and O–H groups in total. The van der Waals surface area contributed by atoms with Crippen LogP contribution < -0.4 is 0 Å². The van der Waals surface area contributed by atoms with Gasteiger partial charge in [0.25, 0.3) is 0 Å². The van der Waals surface area contributed by atoms with Gasteiger partial charge in [-0.1, -0.05) is 12.1 Å². The molecule has 0 spiro atoms. The number of rotatable bonds is 4. The molecule has 0 bridgehead atoms. The molecule has 0 saturated carbocycles. The number of likely N-dealkylation sites (tertiary alicyclic amines) is 1. The predicted octanol–water partition coefficient (Wildman–Crippen LogP) is 0.708. The quantitative estimate of drug-likeness (QED) is 0.836. The van der Waals surface area contributed by atoms with Crippen molar-refractivity contribution in [1.82, 2.24) is 19.9 Å². The summed E-state index contributed by atoms with van der Waals surface area (Å²) in [6.07, 6.45) is 3.89. The number of piperidine rings is 1. The maximum Gasteiger partial charge on any atom is 0.358 e. The number of aromatic nitrogens is 3. The molecule has 17 heavy (non-hydrogen) atoms. The van der Waals surface area contributed by atoms with Crippen LogP contribution in [0.4, 0.5) is 0 Å². The van der Waals surface area contributed by atoms with E-state index in [1.54, 1.807) is 4.68 Å². The van der Waals surface area contributed by atoms with Gasteiger partial charge in [-0.25, -0.2) is 4.79 Å². The maximum absolute atomic E-state index is 10.7. The van der Waals surface area contributed by atoms with E-state index in [0.717, 1.165) is 19.6 Å². The number of carbonyl (C=O) groups is 1. The molecule has 1 aliphatic heterocycles. The Morgan fingerprint density at radius 3 is 3.12 bits per heavy atom. The second kappa shape index (κ2) is 5.27. The van der Waals surface area contributed by atoms with Gasteiger partial charge in [0, 0.05) is 13.1 Å². The average Bonchev–Trinajstić information content (AvgIpc) is 2.78. The number of nitrogens with zero attached hydrogens (tertiary/aromatic N) is 4. The van der Waals surface area contributed by atoms with Gasteiger partial charge in [0.15, 0.2) is 5.69 Å². The SMILES string of the molecule is CCN1CCC[C@@H](Cn2cc(C(=O)O)nn2)C1. The minimum absolute atomic E-state index is 0.0214. The number of hydrogen-bond acceptors (Lipinski definition) is 4. The summed E-state index contributed by atoms with van der Waals surface area (Å²) in [6, 6.07) is 0. The fourth-order valence-electron chi connectivity index (χ4n) is 2.34. The fraction of sp³-hybridized carbons (Fsp3) is 0.727. The Morgan fingerprint density at radius 1 is 1.65 bits per heavy atom. The number of aromatic carboxylic acids is 1. The summed E-state index contributed by atoms with van der Waals surface area (Å²) < 4.78 is 1.65. The topological polar surface area (TPSA) is 71.2 Å². The first-order chi connectivity index (χ1) is 8.19. The van der Waals surface area contributed by atoms with Gasteiger partial charge in [-0.05, 0) is 31.8 Å². The Labute approximate surface area is 100 Å². The Kier molecular flexibility index (Phi) is 3.73. The summed E-state index contributed by atoms with van der Waals surface area (Å²) in [7, 11) is 0. The lowest BCUT2D eigenvalue weighted by Gasteiger charge is -2.31. The van der Waals surface area contributed by atoms with Gasteiger partial charge in [-0.3, -0.25) is 4.68 Å². The summed E-state index contributed by atoms with van der Waals surface area (Å²) in [6.45, 7) is 6.24. The lowest BCUT2D eigenvalue weighted by molar-refractivity contribution is 0.0690. The third-order valence-corrected chi connectivity index (χ3v) is 3.25. The molecule has 1 aromatic heterocycles. The lowest BCUT2D eigenvalue weighted by atomic mass is 9.98. The number of carboxylic acid groups (broad SMARTS) is 1. The highest BCUT2D eigenvalue weighted by Crippen LogP contribution is 2.17. The standard InChI is InChI=1S/C11H18N4O2/c1-2-14-5-3-4-9(6-14)7-15-8-10(11(16)17)12-13-15/h8-9H,2-7H2,1H3,(H,16,17)/t9-/m1/s1. The van der Waals surface area contributed by atoms with Crippen molar-refractivity contribution < 1.29 is 9.90 Å². The van der Waals surface area contributed by atoms with Crippen LogP contribution in [-0.2, 0) is 6.54 Å². The second-order valence-electron chi connectivity index (χ2n) is 4.53. The molecule has 0 amide bonds. The van der Waals surface area contributed by atoms with Gasteiger partial charge in [0.2, 0.25) is 0 Å². The lowest BCUT2D eigenvalue weighted by Crippen LogP contribution is -2.36. The van der Waals surface area contributed by atoms with Crippen molar-refractivity contribution in [3.63, 3.8) is 0 Å². The molecule has 1 aromatic rings. The molecule has 94 valence electrons. The molecule has 1 saturated heterocycles. The van der Waals surface area contributed by atoms with Crippen molar-refractivity contribution in [1.29, 1.82) is 0 Å². The van der Waals surface area contributed by atoms with Crippen LogP contribution >= 0.6 is 0 Å². The Balaban J connectivity index is 1.93. The van der Waals surface area contributed by atoms with Crippen LogP contribution in [0.15, 0.2) is 6.20 Å². The second-order valence-corrected chi connectivity index (χ2v) is 4.53. The minimum Gasteiger partial charge on any atom is -0.476 e. The molecule has 0 radical (unpaired) electrons. The molecule has 1 fully saturated rings. The average molecular weight is 238 g/mol. The summed E-state index contributed by atoms with van der Waals surface area (Å²) in [5.41, 5.74) is 0.0214. The molecule has 0 unspecified atom stereocenters. The zero-order chi connectivity index (χ0) is 12.3. The number of carboxylic acids is 1. The van der Waals surface area contributed by atoms with Crippen LogP contribution in [0, 0.1) is 5.92 Å². The van der Waals surface area contributed by atoms with Crippen LogP contribution in [0.5, 0.6) is 0 Å². The largest absolute Gasteiger partial charge is 0.476 e. The first-order valence-corrected chi connectivity index (χ1v) is 6.04. The van der Waals surface area contributed by atoms with Gasteiger partial charge >= 0.3 is 5.97 Å². The van der Waals surface area contributed by atoms with E-state index >= 15 is 0 Å². The van der Waals surface area contributed by atoms with E-state index in [1.807, 2.05) is 0 Å². The minimum atomic E-state index is -1.02. The third kappa shape index (κ3) is 3.03. The molecule has 0 aromatic carbocycles. The molecule has 1 aliphatic rings. The first kappa shape index (κ1) is 12.0. The zero-order valence-electron chi connectivity index (χ0n) is 10.0. The van der Waals surface area contributed by atoms with Crippen molar-refractivity contribution in [3.8, 4) is 0 Å². The van der Waals surface area contributed by atoms with Crippen molar-refractivity contribution in [3.05, 3.63) is 11.9 Å². The molecule has 2 rings (SSSR count). The number of hydrogen-bond donors (Lipinski definition) is 1. The van der Waals surface area contributed by atoms with Crippen molar-refractivity contribution >= 4 is 5.97 Å². The predicted molar refractivity (Wildman–Crippen MR) is 61.8 cm³/mol. The molecule has 6 nitrogen and oxygen atoms in total. The molecule has 0 aliphatic carbocycles. The molecule has 1 atom stereocenters. The fourth-order valence-corrected chi connectivity index (χ4v) is 2.34. The van der Waals surface area contributed by atoms with Crippen molar-refractivity contribution in [2.24, 2.45) is 5.92 Å². The van der Waals surface area contributed by atoms with Crippen LogP contribution in [0.1, 0.15) is 30.3 Å². The smallest absolute Gasteiger partial charge is 0.358 e. The van der Waals surface area contributed by atoms with E-state index in [2.05, 4.69) is 22.1 Å². The van der Waals surface area contributed by atoms with Crippen molar-refractivity contribution in [2.75, 3.05) is 19.6 Å². The summed E-state index contributed by atoms with van der Waals surface area (Å²) >= 11 is 0. The van der Waals surface area contributed by atoms with Crippen LogP contribution in [0.3, 0.4) is 0 Å². The summed E-state index contributed by atoms with van der Waals surface area (Å²) in [5, 5.41) is 16.2. The summed E-state index contributed by atoms with van der Waals surface area (Å²) in [4.78, 5) is 13.1. The molecular weight excluding hydrogens is 220 g/mol. The molecule has 6 heteroatoms. The third-order valence-electron chi connectivity index (χ3n) is 3.25. The van der Waals surface area contributed by atoms with Gasteiger partial charge < -0.3 is 10.0 Å². The van der Waals surface area contributed by atoms with E-state index in [-0.39, 0.29) is 5.69 Å². The highest BCUT2D eigenvalue weighted by Gasteiger charge is 2.20. The monoisotopic (exact) mass is 238 g/mol. The maximum atomic E-state index is 10.7. The molecular formula is C11H18N4O2. The van der Waals surface area contributed by atoms with E-state index in [4.69, 9.17) is 5.11 Å². The van der Waals surface area contributed by atoms with Gasteiger partial charge in [-0.2, -0.15) is 0 Å². The highest BCUT2D eigenvalue weighted by atomic mass is 16.4. The van der Waals surface area contributed by atoms with Gasteiger partial charge in [0.05, 0.1) is 6.20 Å². The van der Waals surface area contributed by atoms with Crippen LogP contribution in [-0.4, -0.2) is 50.6 Å². The van der Waals surface area contributed by atoms with E-state index in [9.17, 15) is 4.79 Å². The van der Waals surface area contributed by atoms with E-state index < -0.39 is 5.97 Å². The first-order valence-electron chi connectivity index (χ1n) is 6.04. The highest BCUT2D eigenvalue weighted by molar-refractivity contribution is 5.84. The van der Waals surface area contributed by atoms with Crippen molar-refractivity contribution in [2.45, 2.75) is 26.3 Å². The van der Waals surface area contributed by atoms with Gasteiger partial charge in [-0.15, -0.1) is 5.10 Å².